The highest BCUT2D eigenvalue weighted by atomic mass is 16.2. The van der Waals surface area contributed by atoms with Crippen molar-refractivity contribution in [1.82, 2.24) is 24.7 Å². The van der Waals surface area contributed by atoms with E-state index in [-0.39, 0.29) is 17.9 Å². The summed E-state index contributed by atoms with van der Waals surface area (Å²) in [6, 6.07) is 9.50. The topological polar surface area (TPSA) is 109 Å². The maximum Gasteiger partial charge on any atom is 0.354 e. The number of piperazine rings is 1. The fraction of sp³-hybridized carbons (Fsp3) is 0.421. The van der Waals surface area contributed by atoms with Crippen LogP contribution in [0.15, 0.2) is 41.3 Å². The van der Waals surface area contributed by atoms with Gasteiger partial charge in [0.05, 0.1) is 5.69 Å². The molecule has 0 bridgehead atoms. The lowest BCUT2D eigenvalue weighted by Crippen LogP contribution is -2.54. The molecule has 1 aromatic carbocycles. The van der Waals surface area contributed by atoms with Crippen molar-refractivity contribution in [3.63, 3.8) is 0 Å². The van der Waals surface area contributed by atoms with Crippen LogP contribution in [0, 0.1) is 0 Å². The average molecular weight is 383 g/mol. The van der Waals surface area contributed by atoms with E-state index >= 15 is 0 Å². The number of anilines is 1. The van der Waals surface area contributed by atoms with Crippen LogP contribution < -0.4 is 22.1 Å². The number of nitrogens with one attached hydrogen (secondary N) is 2. The number of amides is 2. The van der Waals surface area contributed by atoms with Gasteiger partial charge in [0.15, 0.2) is 0 Å². The number of benzene rings is 1. The maximum atomic E-state index is 12.4. The molecule has 0 aliphatic carbocycles. The molecule has 3 heterocycles. The Bertz CT molecular complexity index is 884. The van der Waals surface area contributed by atoms with Crippen molar-refractivity contribution in [3.05, 3.63) is 52.6 Å². The van der Waals surface area contributed by atoms with Crippen molar-refractivity contribution in [3.8, 4) is 5.69 Å². The number of carbonyl (C=O) groups is 1. The molecule has 28 heavy (non-hydrogen) atoms. The van der Waals surface area contributed by atoms with Gasteiger partial charge < -0.3 is 16.0 Å². The molecule has 2 amide bonds. The second-order valence-corrected chi connectivity index (χ2v) is 7.25. The van der Waals surface area contributed by atoms with E-state index in [1.54, 1.807) is 17.2 Å². The average Bonchev–Trinajstić information content (AvgIpc) is 2.68. The summed E-state index contributed by atoms with van der Waals surface area (Å²) in [5, 5.41) is 5.89. The van der Waals surface area contributed by atoms with Gasteiger partial charge in [-0.2, -0.15) is 4.98 Å². The van der Waals surface area contributed by atoms with E-state index in [9.17, 15) is 9.59 Å². The van der Waals surface area contributed by atoms with Crippen LogP contribution in [0.2, 0.25) is 0 Å². The molecule has 4 rings (SSSR count). The predicted molar refractivity (Wildman–Crippen MR) is 107 cm³/mol. The molecule has 0 unspecified atom stereocenters. The van der Waals surface area contributed by atoms with Gasteiger partial charge in [0.25, 0.3) is 0 Å². The lowest BCUT2D eigenvalue weighted by Gasteiger charge is -2.36. The van der Waals surface area contributed by atoms with Crippen molar-refractivity contribution >= 4 is 11.8 Å². The summed E-state index contributed by atoms with van der Waals surface area (Å²) >= 11 is 0. The van der Waals surface area contributed by atoms with Crippen molar-refractivity contribution in [1.29, 1.82) is 0 Å². The normalized spacial score (nSPS) is 18.0. The fourth-order valence-electron chi connectivity index (χ4n) is 3.48. The Balaban J connectivity index is 1.41. The molecule has 0 radical (unpaired) electrons. The van der Waals surface area contributed by atoms with Gasteiger partial charge in [-0.1, -0.05) is 12.1 Å². The largest absolute Gasteiger partial charge is 0.354 e. The number of hydrogen-bond acceptors (Lipinski definition) is 6. The van der Waals surface area contributed by atoms with Gasteiger partial charge in [-0.25, -0.2) is 9.59 Å². The van der Waals surface area contributed by atoms with Crippen molar-refractivity contribution < 1.29 is 4.79 Å². The summed E-state index contributed by atoms with van der Waals surface area (Å²) in [7, 11) is 0. The third-order valence-corrected chi connectivity index (χ3v) is 5.05. The Morgan fingerprint density at radius 2 is 1.89 bits per heavy atom. The zero-order chi connectivity index (χ0) is 19.5. The van der Waals surface area contributed by atoms with Gasteiger partial charge in [-0.05, 0) is 23.8 Å². The summed E-state index contributed by atoms with van der Waals surface area (Å²) in [6.07, 6.45) is 1.63. The smallest absolute Gasteiger partial charge is 0.325 e. The van der Waals surface area contributed by atoms with Crippen LogP contribution in [0.1, 0.15) is 5.56 Å². The van der Waals surface area contributed by atoms with E-state index in [1.807, 2.05) is 24.3 Å². The molecule has 2 aromatic rings. The number of carbonyl (C=O) groups excluding carboxylic acids is 1. The summed E-state index contributed by atoms with van der Waals surface area (Å²) in [6.45, 7) is 5.51. The monoisotopic (exact) mass is 383 g/mol. The molecular formula is C19H25N7O2. The molecular weight excluding hydrogens is 358 g/mol. The molecule has 148 valence electrons. The first-order valence-corrected chi connectivity index (χ1v) is 9.52. The highest BCUT2D eigenvalue weighted by molar-refractivity contribution is 5.88. The van der Waals surface area contributed by atoms with Crippen LogP contribution in [0.5, 0.6) is 0 Å². The van der Waals surface area contributed by atoms with Crippen molar-refractivity contribution in [2.24, 2.45) is 5.73 Å². The van der Waals surface area contributed by atoms with Crippen molar-refractivity contribution in [2.45, 2.75) is 12.6 Å². The second-order valence-electron chi connectivity index (χ2n) is 7.25. The third-order valence-electron chi connectivity index (χ3n) is 5.05. The summed E-state index contributed by atoms with van der Waals surface area (Å²) < 4.78 is 1.46. The molecule has 2 aliphatic rings. The Hall–Kier alpha value is -2.75. The number of likely N-dealkylation sites (tertiary alicyclic amines) is 1. The number of urea groups is 1. The molecule has 0 saturated carbocycles. The van der Waals surface area contributed by atoms with E-state index in [4.69, 9.17) is 5.73 Å². The predicted octanol–water partition coefficient (Wildman–Crippen LogP) is -0.187. The van der Waals surface area contributed by atoms with Crippen molar-refractivity contribution in [2.75, 3.05) is 44.6 Å². The molecule has 0 atom stereocenters. The first-order chi connectivity index (χ1) is 13.6. The minimum absolute atomic E-state index is 0.235. The van der Waals surface area contributed by atoms with Gasteiger partial charge in [-0.15, -0.1) is 0 Å². The van der Waals surface area contributed by atoms with E-state index in [0.29, 0.717) is 13.1 Å². The van der Waals surface area contributed by atoms with Gasteiger partial charge in [0.1, 0.15) is 5.82 Å². The number of aromatic nitrogens is 2. The SMILES string of the molecule is NC1CN(Cc2ccc(-n3ccc(NC(=O)N4CCNCC4)nc3=O)cc2)C1. The lowest BCUT2D eigenvalue weighted by atomic mass is 10.1. The zero-order valence-corrected chi connectivity index (χ0v) is 15.7. The Labute approximate surface area is 163 Å². The molecule has 2 fully saturated rings. The van der Waals surface area contributed by atoms with Crippen LogP contribution in [-0.2, 0) is 6.54 Å². The van der Waals surface area contributed by atoms with Gasteiger partial charge in [0.2, 0.25) is 0 Å². The molecule has 9 nitrogen and oxygen atoms in total. The highest BCUT2D eigenvalue weighted by Gasteiger charge is 2.22. The third kappa shape index (κ3) is 4.22. The summed E-state index contributed by atoms with van der Waals surface area (Å²) in [4.78, 5) is 32.6. The minimum atomic E-state index is -0.431. The molecule has 1 aromatic heterocycles. The van der Waals surface area contributed by atoms with E-state index in [0.717, 1.165) is 38.4 Å². The number of rotatable bonds is 4. The van der Waals surface area contributed by atoms with Crippen LogP contribution in [-0.4, -0.2) is 70.7 Å². The minimum Gasteiger partial charge on any atom is -0.325 e. The van der Waals surface area contributed by atoms with Crippen LogP contribution in [0.25, 0.3) is 5.69 Å². The molecule has 2 saturated heterocycles. The highest BCUT2D eigenvalue weighted by Crippen LogP contribution is 2.14. The van der Waals surface area contributed by atoms with Gasteiger partial charge >= 0.3 is 11.7 Å². The van der Waals surface area contributed by atoms with Crippen LogP contribution in [0.4, 0.5) is 10.6 Å². The first kappa shape index (κ1) is 18.6. The van der Waals surface area contributed by atoms with Gasteiger partial charge in [0, 0.05) is 58.1 Å². The number of nitrogens with zero attached hydrogens (tertiary/aromatic N) is 4. The Morgan fingerprint density at radius 1 is 1.18 bits per heavy atom. The van der Waals surface area contributed by atoms with Crippen LogP contribution in [0.3, 0.4) is 0 Å². The molecule has 2 aliphatic heterocycles. The van der Waals surface area contributed by atoms with E-state index in [1.165, 1.54) is 10.1 Å². The summed E-state index contributed by atoms with van der Waals surface area (Å²) in [5.41, 5.74) is 7.29. The number of nitrogens with two attached hydrogens (primary N) is 1. The van der Waals surface area contributed by atoms with E-state index < -0.39 is 5.69 Å². The Kier molecular flexibility index (Phi) is 5.38. The Morgan fingerprint density at radius 3 is 2.54 bits per heavy atom. The standard InChI is InChI=1S/C19H25N7O2/c20-15-12-24(13-15)11-14-1-3-16(4-2-14)26-8-5-17(23-19(26)28)22-18(27)25-9-6-21-7-10-25/h1-5,8,15,21H,6-7,9-13,20H2,(H,22,23,27,28). The molecule has 0 spiro atoms. The van der Waals surface area contributed by atoms with E-state index in [2.05, 4.69) is 20.5 Å². The maximum absolute atomic E-state index is 12.4. The lowest BCUT2D eigenvalue weighted by molar-refractivity contribution is 0.142. The molecule has 4 N–H and O–H groups in total. The molecule has 9 heteroatoms. The zero-order valence-electron chi connectivity index (χ0n) is 15.7. The number of hydrogen-bond donors (Lipinski definition) is 3. The fourth-order valence-corrected chi connectivity index (χ4v) is 3.48. The summed E-state index contributed by atoms with van der Waals surface area (Å²) in [5.74, 6) is 0.260. The first-order valence-electron chi connectivity index (χ1n) is 9.52. The second kappa shape index (κ2) is 8.09. The van der Waals surface area contributed by atoms with Crippen LogP contribution >= 0.6 is 0 Å². The quantitative estimate of drug-likeness (QED) is 0.676. The van der Waals surface area contributed by atoms with Gasteiger partial charge in [-0.3, -0.25) is 14.8 Å².